The number of oxime groups is 1. The molecule has 0 fully saturated rings. The molecule has 0 radical (unpaired) electrons. The summed E-state index contributed by atoms with van der Waals surface area (Å²) < 4.78 is 27.8. The molecule has 160 valence electrons. The third-order valence-corrected chi connectivity index (χ3v) is 5.57. The van der Waals surface area contributed by atoms with Gasteiger partial charge in [-0.25, -0.2) is 8.78 Å². The molecule has 1 aliphatic rings. The van der Waals surface area contributed by atoms with Crippen molar-refractivity contribution < 1.29 is 14.0 Å². The van der Waals surface area contributed by atoms with E-state index < -0.39 is 5.82 Å². The molecular weight excluding hydrogens is 410 g/mol. The Hall–Kier alpha value is -2.51. The first-order chi connectivity index (χ1) is 14.5. The van der Waals surface area contributed by atoms with Gasteiger partial charge in [-0.05, 0) is 48.5 Å². The standard InChI is InChI=1S/C22H25ClF2N4O/c1-3-29(4-2)10-9-26-21-13-16-15(6-8-19(25)22(16)27-21)20(28-30)12-14-5-7-18(24)17(23)11-14/h5-8,11,30H,3-4,9-10,12-13H2,1-2H3,(H,26,27)/b28-20+. The van der Waals surface area contributed by atoms with Gasteiger partial charge in [-0.2, -0.15) is 0 Å². The molecule has 0 aliphatic carbocycles. The summed E-state index contributed by atoms with van der Waals surface area (Å²) in [5.41, 5.74) is 2.70. The highest BCUT2D eigenvalue weighted by Crippen LogP contribution is 2.31. The summed E-state index contributed by atoms with van der Waals surface area (Å²) in [4.78, 5) is 6.85. The van der Waals surface area contributed by atoms with E-state index in [2.05, 4.69) is 34.2 Å². The molecule has 2 N–H and O–H groups in total. The van der Waals surface area contributed by atoms with Crippen LogP contribution >= 0.6 is 11.6 Å². The van der Waals surface area contributed by atoms with Crippen LogP contribution in [0.4, 0.5) is 14.5 Å². The van der Waals surface area contributed by atoms with Crippen molar-refractivity contribution in [3.8, 4) is 0 Å². The fourth-order valence-electron chi connectivity index (χ4n) is 3.55. The number of nitrogens with one attached hydrogen (secondary N) is 1. The molecule has 2 aromatic carbocycles. The van der Waals surface area contributed by atoms with Crippen LogP contribution in [0.25, 0.3) is 0 Å². The normalized spacial score (nSPS) is 15.0. The van der Waals surface area contributed by atoms with Gasteiger partial charge in [0.25, 0.3) is 0 Å². The molecule has 5 nitrogen and oxygen atoms in total. The second-order valence-corrected chi connectivity index (χ2v) is 7.48. The van der Waals surface area contributed by atoms with Gasteiger partial charge in [0.2, 0.25) is 0 Å². The fourth-order valence-corrected chi connectivity index (χ4v) is 3.76. The third-order valence-electron chi connectivity index (χ3n) is 5.28. The highest BCUT2D eigenvalue weighted by molar-refractivity contribution is 6.30. The number of rotatable bonds is 8. The number of likely N-dealkylation sites (N-methyl/N-ethyl adjacent to an activating group) is 1. The van der Waals surface area contributed by atoms with Crippen molar-refractivity contribution in [3.05, 3.63) is 63.7 Å². The average molecular weight is 435 g/mol. The molecule has 0 aromatic heterocycles. The van der Waals surface area contributed by atoms with Crippen LogP contribution in [0.15, 0.2) is 40.5 Å². The van der Waals surface area contributed by atoms with E-state index in [1.165, 1.54) is 18.2 Å². The zero-order chi connectivity index (χ0) is 21.7. The van der Waals surface area contributed by atoms with Crippen LogP contribution in [-0.4, -0.2) is 47.8 Å². The van der Waals surface area contributed by atoms with Crippen LogP contribution in [-0.2, 0) is 12.8 Å². The van der Waals surface area contributed by atoms with Gasteiger partial charge in [-0.15, -0.1) is 0 Å². The maximum Gasteiger partial charge on any atom is 0.147 e. The fraction of sp³-hybridized carbons (Fsp3) is 0.364. The topological polar surface area (TPSA) is 60.2 Å². The lowest BCUT2D eigenvalue weighted by Gasteiger charge is -2.16. The molecule has 30 heavy (non-hydrogen) atoms. The van der Waals surface area contributed by atoms with Crippen molar-refractivity contribution in [2.45, 2.75) is 26.7 Å². The maximum atomic E-state index is 14.4. The first kappa shape index (κ1) is 22.2. The van der Waals surface area contributed by atoms with Gasteiger partial charge in [0, 0.05) is 24.9 Å². The highest BCUT2D eigenvalue weighted by atomic mass is 35.5. The van der Waals surface area contributed by atoms with Crippen LogP contribution in [0.3, 0.4) is 0 Å². The Labute approximate surface area is 180 Å². The van der Waals surface area contributed by atoms with Crippen LogP contribution in [0.1, 0.15) is 30.5 Å². The zero-order valence-electron chi connectivity index (χ0n) is 17.1. The van der Waals surface area contributed by atoms with Crippen molar-refractivity contribution in [2.24, 2.45) is 10.1 Å². The Morgan fingerprint density at radius 3 is 2.57 bits per heavy atom. The molecule has 3 rings (SSSR count). The molecule has 0 atom stereocenters. The second kappa shape index (κ2) is 10.00. The van der Waals surface area contributed by atoms with Crippen LogP contribution in [0.2, 0.25) is 5.02 Å². The SMILES string of the molecule is CCN(CC)CCN=C1Cc2c(/C(Cc3ccc(F)c(Cl)c3)=N/O)ccc(F)c2N1. The summed E-state index contributed by atoms with van der Waals surface area (Å²) in [6.07, 6.45) is 0.646. The monoisotopic (exact) mass is 434 g/mol. The molecule has 0 unspecified atom stereocenters. The Balaban J connectivity index is 1.82. The molecule has 0 amide bonds. The van der Waals surface area contributed by atoms with Crippen LogP contribution < -0.4 is 5.32 Å². The van der Waals surface area contributed by atoms with E-state index in [1.54, 1.807) is 12.1 Å². The quantitative estimate of drug-likeness (QED) is 0.358. The minimum absolute atomic E-state index is 0.00147. The van der Waals surface area contributed by atoms with Crippen molar-refractivity contribution >= 4 is 28.8 Å². The second-order valence-electron chi connectivity index (χ2n) is 7.08. The van der Waals surface area contributed by atoms with E-state index in [0.29, 0.717) is 46.9 Å². The van der Waals surface area contributed by atoms with Gasteiger partial charge in [-0.1, -0.05) is 36.7 Å². The summed E-state index contributed by atoms with van der Waals surface area (Å²) in [7, 11) is 0. The number of anilines is 1. The van der Waals surface area contributed by atoms with E-state index in [1.807, 2.05) is 0 Å². The van der Waals surface area contributed by atoms with Gasteiger partial charge >= 0.3 is 0 Å². The molecule has 2 aromatic rings. The lowest BCUT2D eigenvalue weighted by Crippen LogP contribution is -2.26. The first-order valence-corrected chi connectivity index (χ1v) is 10.3. The maximum absolute atomic E-state index is 14.4. The molecule has 8 heteroatoms. The average Bonchev–Trinajstić information content (AvgIpc) is 3.18. The Morgan fingerprint density at radius 1 is 1.17 bits per heavy atom. The van der Waals surface area contributed by atoms with E-state index in [-0.39, 0.29) is 17.3 Å². The summed E-state index contributed by atoms with van der Waals surface area (Å²) in [5.74, 6) is -0.212. The summed E-state index contributed by atoms with van der Waals surface area (Å²) >= 11 is 5.86. The predicted octanol–water partition coefficient (Wildman–Crippen LogP) is 4.75. The van der Waals surface area contributed by atoms with Crippen molar-refractivity contribution in [2.75, 3.05) is 31.5 Å². The summed E-state index contributed by atoms with van der Waals surface area (Å²) in [6.45, 7) is 7.57. The predicted molar refractivity (Wildman–Crippen MR) is 117 cm³/mol. The summed E-state index contributed by atoms with van der Waals surface area (Å²) in [6, 6.07) is 7.26. The van der Waals surface area contributed by atoms with E-state index in [9.17, 15) is 14.0 Å². The molecule has 0 spiro atoms. The smallest absolute Gasteiger partial charge is 0.147 e. The van der Waals surface area contributed by atoms with Gasteiger partial charge in [-0.3, -0.25) is 4.99 Å². The zero-order valence-corrected chi connectivity index (χ0v) is 17.8. The minimum atomic E-state index is -0.514. The lowest BCUT2D eigenvalue weighted by molar-refractivity contribution is 0.313. The summed E-state index contributed by atoms with van der Waals surface area (Å²) in [5, 5.41) is 16.1. The molecule has 0 bridgehead atoms. The molecule has 1 aliphatic heterocycles. The van der Waals surface area contributed by atoms with Crippen molar-refractivity contribution in [1.29, 1.82) is 0 Å². The minimum Gasteiger partial charge on any atom is -0.411 e. The number of hydrogen-bond acceptors (Lipinski definition) is 4. The van der Waals surface area contributed by atoms with Crippen molar-refractivity contribution in [3.63, 3.8) is 0 Å². The van der Waals surface area contributed by atoms with E-state index in [0.717, 1.165) is 19.6 Å². The Kier molecular flexibility index (Phi) is 7.39. The molecule has 1 heterocycles. The number of benzene rings is 2. The van der Waals surface area contributed by atoms with Gasteiger partial charge in [0.15, 0.2) is 0 Å². The number of halogens is 3. The molecular formula is C22H25ClF2N4O. The lowest BCUT2D eigenvalue weighted by atomic mass is 9.96. The number of amidine groups is 1. The Morgan fingerprint density at radius 2 is 1.90 bits per heavy atom. The van der Waals surface area contributed by atoms with Crippen molar-refractivity contribution in [1.82, 2.24) is 4.90 Å². The number of aliphatic imine (C=N–C) groups is 1. The first-order valence-electron chi connectivity index (χ1n) is 9.96. The Bertz CT molecular complexity index is 974. The molecule has 0 saturated carbocycles. The number of hydrogen-bond donors (Lipinski definition) is 2. The number of nitrogens with zero attached hydrogens (tertiary/aromatic N) is 3. The highest BCUT2D eigenvalue weighted by Gasteiger charge is 2.25. The van der Waals surface area contributed by atoms with Gasteiger partial charge < -0.3 is 15.4 Å². The van der Waals surface area contributed by atoms with Gasteiger partial charge in [0.05, 0.1) is 23.0 Å². The third kappa shape index (κ3) is 4.96. The number of fused-ring (bicyclic) bond motifs is 1. The molecule has 0 saturated heterocycles. The van der Waals surface area contributed by atoms with Gasteiger partial charge in [0.1, 0.15) is 17.5 Å². The van der Waals surface area contributed by atoms with E-state index >= 15 is 0 Å². The largest absolute Gasteiger partial charge is 0.411 e. The van der Waals surface area contributed by atoms with Crippen LogP contribution in [0.5, 0.6) is 0 Å². The van der Waals surface area contributed by atoms with Crippen LogP contribution in [0, 0.1) is 11.6 Å². The van der Waals surface area contributed by atoms with E-state index in [4.69, 9.17) is 11.6 Å².